The number of anilines is 1. The van der Waals surface area contributed by atoms with Gasteiger partial charge in [0.2, 0.25) is 5.88 Å². The van der Waals surface area contributed by atoms with Crippen LogP contribution in [0, 0.1) is 0 Å². The molecule has 3 rings (SSSR count). The van der Waals surface area contributed by atoms with E-state index in [0.29, 0.717) is 21.6 Å². The monoisotopic (exact) mass is 445 g/mol. The van der Waals surface area contributed by atoms with E-state index in [0.717, 1.165) is 16.6 Å². The SMILES string of the molecule is CO/C(=C/C=C/c1cc2cc(Cl)c(Cl)cc2[nH]1)C(=O)Nc1ccc(OC(C)C)nc1. The van der Waals surface area contributed by atoms with Gasteiger partial charge in [-0.3, -0.25) is 4.79 Å². The van der Waals surface area contributed by atoms with E-state index in [1.165, 1.54) is 13.3 Å². The summed E-state index contributed by atoms with van der Waals surface area (Å²) in [5, 5.41) is 4.65. The van der Waals surface area contributed by atoms with Gasteiger partial charge in [-0.2, -0.15) is 0 Å². The van der Waals surface area contributed by atoms with Crippen LogP contribution in [0.1, 0.15) is 19.5 Å². The molecule has 0 fully saturated rings. The Balaban J connectivity index is 1.68. The Morgan fingerprint density at radius 1 is 1.20 bits per heavy atom. The zero-order valence-electron chi connectivity index (χ0n) is 16.7. The number of pyridine rings is 1. The highest BCUT2D eigenvalue weighted by molar-refractivity contribution is 6.42. The van der Waals surface area contributed by atoms with Gasteiger partial charge in [0.05, 0.1) is 35.1 Å². The summed E-state index contributed by atoms with van der Waals surface area (Å²) in [7, 11) is 1.43. The molecule has 156 valence electrons. The number of H-pyrrole nitrogens is 1. The minimum Gasteiger partial charge on any atom is -0.491 e. The number of ether oxygens (including phenoxy) is 2. The van der Waals surface area contributed by atoms with Crippen molar-refractivity contribution < 1.29 is 14.3 Å². The number of hydrogen-bond donors (Lipinski definition) is 2. The molecule has 0 radical (unpaired) electrons. The summed E-state index contributed by atoms with van der Waals surface area (Å²) in [4.78, 5) is 19.8. The molecule has 2 aromatic heterocycles. The van der Waals surface area contributed by atoms with Crippen molar-refractivity contribution in [1.82, 2.24) is 9.97 Å². The fourth-order valence-corrected chi connectivity index (χ4v) is 3.01. The van der Waals surface area contributed by atoms with Gasteiger partial charge in [0.1, 0.15) is 0 Å². The lowest BCUT2D eigenvalue weighted by molar-refractivity contribution is -0.115. The van der Waals surface area contributed by atoms with E-state index in [9.17, 15) is 4.79 Å². The molecule has 0 spiro atoms. The maximum absolute atomic E-state index is 12.4. The van der Waals surface area contributed by atoms with Gasteiger partial charge in [-0.25, -0.2) is 4.98 Å². The van der Waals surface area contributed by atoms with Gasteiger partial charge >= 0.3 is 0 Å². The van der Waals surface area contributed by atoms with Crippen LogP contribution in [0.2, 0.25) is 10.0 Å². The van der Waals surface area contributed by atoms with Crippen molar-refractivity contribution >= 4 is 51.8 Å². The highest BCUT2D eigenvalue weighted by atomic mass is 35.5. The number of carbonyl (C=O) groups is 1. The average Bonchev–Trinajstić information content (AvgIpc) is 3.08. The van der Waals surface area contributed by atoms with Crippen LogP contribution in [0.5, 0.6) is 5.88 Å². The first kappa shape index (κ1) is 21.7. The van der Waals surface area contributed by atoms with Crippen molar-refractivity contribution in [2.24, 2.45) is 0 Å². The Kier molecular flexibility index (Phi) is 7.03. The highest BCUT2D eigenvalue weighted by Gasteiger charge is 2.10. The molecular formula is C22H21Cl2N3O3. The van der Waals surface area contributed by atoms with Crippen LogP contribution < -0.4 is 10.1 Å². The van der Waals surface area contributed by atoms with E-state index in [-0.39, 0.29) is 11.9 Å². The van der Waals surface area contributed by atoms with Crippen LogP contribution in [-0.2, 0) is 9.53 Å². The first-order chi connectivity index (χ1) is 14.4. The third kappa shape index (κ3) is 5.55. The number of rotatable bonds is 7. The van der Waals surface area contributed by atoms with Crippen molar-refractivity contribution in [3.8, 4) is 5.88 Å². The molecule has 0 unspecified atom stereocenters. The largest absolute Gasteiger partial charge is 0.491 e. The summed E-state index contributed by atoms with van der Waals surface area (Å²) in [5.41, 5.74) is 2.24. The van der Waals surface area contributed by atoms with E-state index in [4.69, 9.17) is 32.7 Å². The molecule has 30 heavy (non-hydrogen) atoms. The van der Waals surface area contributed by atoms with Crippen LogP contribution >= 0.6 is 23.2 Å². The van der Waals surface area contributed by atoms with Crippen LogP contribution in [-0.4, -0.2) is 29.1 Å². The van der Waals surface area contributed by atoms with Crippen LogP contribution in [0.4, 0.5) is 5.69 Å². The Morgan fingerprint density at radius 2 is 1.97 bits per heavy atom. The molecule has 3 aromatic rings. The predicted molar refractivity (Wildman–Crippen MR) is 121 cm³/mol. The lowest BCUT2D eigenvalue weighted by Gasteiger charge is -2.10. The van der Waals surface area contributed by atoms with E-state index in [2.05, 4.69) is 15.3 Å². The fraction of sp³-hybridized carbons (Fsp3) is 0.182. The molecule has 1 aromatic carbocycles. The Labute approximate surface area is 184 Å². The number of aromatic nitrogens is 2. The molecule has 0 aliphatic rings. The summed E-state index contributed by atoms with van der Waals surface area (Å²) >= 11 is 12.1. The van der Waals surface area contributed by atoms with Gasteiger partial charge in [-0.15, -0.1) is 0 Å². The van der Waals surface area contributed by atoms with Gasteiger partial charge < -0.3 is 19.8 Å². The van der Waals surface area contributed by atoms with Gasteiger partial charge in [0, 0.05) is 22.7 Å². The Bertz CT molecular complexity index is 1060. The van der Waals surface area contributed by atoms with Gasteiger partial charge in [0.25, 0.3) is 5.91 Å². The zero-order valence-corrected chi connectivity index (χ0v) is 18.2. The molecule has 0 bridgehead atoms. The van der Waals surface area contributed by atoms with Gasteiger partial charge in [-0.05, 0) is 50.3 Å². The number of benzene rings is 1. The lowest BCUT2D eigenvalue weighted by Crippen LogP contribution is -2.15. The molecule has 0 saturated heterocycles. The Morgan fingerprint density at radius 3 is 2.63 bits per heavy atom. The van der Waals surface area contributed by atoms with Gasteiger partial charge in [0.15, 0.2) is 5.76 Å². The number of methoxy groups -OCH3 is 1. The zero-order chi connectivity index (χ0) is 21.7. The third-order valence-corrected chi connectivity index (χ3v) is 4.72. The Hall–Kier alpha value is -2.96. The quantitative estimate of drug-likeness (QED) is 0.272. The first-order valence-electron chi connectivity index (χ1n) is 9.20. The van der Waals surface area contributed by atoms with Crippen LogP contribution in [0.25, 0.3) is 17.0 Å². The molecule has 0 aliphatic heterocycles. The first-order valence-corrected chi connectivity index (χ1v) is 9.95. The highest BCUT2D eigenvalue weighted by Crippen LogP contribution is 2.28. The van der Waals surface area contributed by atoms with Crippen molar-refractivity contribution in [2.75, 3.05) is 12.4 Å². The minimum absolute atomic E-state index is 0.0268. The summed E-state index contributed by atoms with van der Waals surface area (Å²) in [6, 6.07) is 8.90. The second kappa shape index (κ2) is 9.69. The standard InChI is InChI=1S/C22H21Cl2N3O3/c1-13(2)30-21-8-7-16(12-25-21)27-22(28)20(29-3)6-4-5-15-9-14-10-17(23)18(24)11-19(14)26-15/h4-13,26H,1-3H3,(H,27,28)/b5-4+,20-6+. The van der Waals surface area contributed by atoms with Gasteiger partial charge in [-0.1, -0.05) is 29.3 Å². The summed E-state index contributed by atoms with van der Waals surface area (Å²) in [6.45, 7) is 3.83. The number of nitrogens with one attached hydrogen (secondary N) is 2. The van der Waals surface area contributed by atoms with Crippen molar-refractivity contribution in [3.05, 3.63) is 70.2 Å². The van der Waals surface area contributed by atoms with Crippen molar-refractivity contribution in [2.45, 2.75) is 20.0 Å². The lowest BCUT2D eigenvalue weighted by atomic mass is 10.2. The average molecular weight is 446 g/mol. The minimum atomic E-state index is -0.392. The van der Waals surface area contributed by atoms with Crippen molar-refractivity contribution in [3.63, 3.8) is 0 Å². The van der Waals surface area contributed by atoms with E-state index in [1.54, 1.807) is 36.4 Å². The van der Waals surface area contributed by atoms with E-state index in [1.807, 2.05) is 26.0 Å². The number of carbonyl (C=O) groups excluding carboxylic acids is 1. The number of halogens is 2. The van der Waals surface area contributed by atoms with Crippen molar-refractivity contribution in [1.29, 1.82) is 0 Å². The molecule has 0 saturated carbocycles. The molecule has 6 nitrogen and oxygen atoms in total. The number of allylic oxidation sites excluding steroid dienone is 2. The number of amides is 1. The molecule has 8 heteroatoms. The smallest absolute Gasteiger partial charge is 0.290 e. The summed E-state index contributed by atoms with van der Waals surface area (Å²) in [6.07, 6.45) is 6.65. The molecule has 1 amide bonds. The number of fused-ring (bicyclic) bond motifs is 1. The maximum atomic E-state index is 12.4. The van der Waals surface area contributed by atoms with E-state index < -0.39 is 5.91 Å². The number of hydrogen-bond acceptors (Lipinski definition) is 4. The molecular weight excluding hydrogens is 425 g/mol. The molecule has 0 aliphatic carbocycles. The second-order valence-electron chi connectivity index (χ2n) is 6.68. The summed E-state index contributed by atoms with van der Waals surface area (Å²) < 4.78 is 10.7. The summed E-state index contributed by atoms with van der Waals surface area (Å²) in [5.74, 6) is 0.252. The third-order valence-electron chi connectivity index (χ3n) is 4.00. The molecule has 0 atom stereocenters. The molecule has 2 N–H and O–H groups in total. The number of aromatic amines is 1. The predicted octanol–water partition coefficient (Wildman–Crippen LogP) is 5.84. The normalized spacial score (nSPS) is 12.0. The van der Waals surface area contributed by atoms with Crippen LogP contribution in [0.3, 0.4) is 0 Å². The molecule has 2 heterocycles. The topological polar surface area (TPSA) is 76.2 Å². The second-order valence-corrected chi connectivity index (χ2v) is 7.49. The maximum Gasteiger partial charge on any atom is 0.290 e. The fourth-order valence-electron chi connectivity index (χ4n) is 2.67. The van der Waals surface area contributed by atoms with E-state index >= 15 is 0 Å². The number of nitrogens with zero attached hydrogens (tertiary/aromatic N) is 1. The van der Waals surface area contributed by atoms with Crippen LogP contribution in [0.15, 0.2) is 54.4 Å².